The summed E-state index contributed by atoms with van der Waals surface area (Å²) in [6, 6.07) is 3.69. The molecule has 1 aromatic heterocycles. The van der Waals surface area contributed by atoms with Gasteiger partial charge in [-0.05, 0) is 76.7 Å². The Hall–Kier alpha value is 0.580. The molecular formula is C13H18Br2N2S. The van der Waals surface area contributed by atoms with Crippen molar-refractivity contribution in [1.82, 2.24) is 10.2 Å². The number of likely N-dealkylation sites (tertiary alicyclic amines) is 1. The zero-order valence-corrected chi connectivity index (χ0v) is 14.4. The van der Waals surface area contributed by atoms with Crippen LogP contribution in [-0.4, -0.2) is 31.1 Å². The molecule has 5 heteroatoms. The van der Waals surface area contributed by atoms with Crippen molar-refractivity contribution >= 4 is 43.2 Å². The predicted molar refractivity (Wildman–Crippen MR) is 84.2 cm³/mol. The lowest BCUT2D eigenvalue weighted by atomic mass is 9.99. The van der Waals surface area contributed by atoms with Gasteiger partial charge in [-0.3, -0.25) is 4.90 Å². The molecule has 2 fully saturated rings. The Morgan fingerprint density at radius 2 is 2.17 bits per heavy atom. The first kappa shape index (κ1) is 13.6. The lowest BCUT2D eigenvalue weighted by Crippen LogP contribution is -2.29. The minimum atomic E-state index is 0.587. The van der Waals surface area contributed by atoms with E-state index < -0.39 is 0 Å². The van der Waals surface area contributed by atoms with E-state index in [0.29, 0.717) is 6.04 Å². The molecule has 1 aliphatic heterocycles. The van der Waals surface area contributed by atoms with Crippen LogP contribution in [0.1, 0.15) is 30.2 Å². The van der Waals surface area contributed by atoms with Crippen LogP contribution in [0.3, 0.4) is 0 Å². The molecule has 0 spiro atoms. The van der Waals surface area contributed by atoms with Gasteiger partial charge in [-0.1, -0.05) is 0 Å². The van der Waals surface area contributed by atoms with Crippen LogP contribution in [0, 0.1) is 5.92 Å². The Kier molecular flexibility index (Phi) is 4.16. The van der Waals surface area contributed by atoms with Crippen molar-refractivity contribution in [3.8, 4) is 0 Å². The van der Waals surface area contributed by atoms with Crippen molar-refractivity contribution in [1.29, 1.82) is 0 Å². The standard InChI is InChI=1S/C13H18Br2N2S/c1-17-5-4-8(7-16-9-2-3-9)12(17)11-6-10(14)13(15)18-11/h6,8-9,12,16H,2-5,7H2,1H3. The number of nitrogens with zero attached hydrogens (tertiary/aromatic N) is 1. The molecule has 2 aliphatic rings. The highest BCUT2D eigenvalue weighted by atomic mass is 79.9. The van der Waals surface area contributed by atoms with E-state index in [1.54, 1.807) is 0 Å². The van der Waals surface area contributed by atoms with E-state index in [9.17, 15) is 0 Å². The largest absolute Gasteiger partial charge is 0.314 e. The van der Waals surface area contributed by atoms with Gasteiger partial charge in [0.2, 0.25) is 0 Å². The van der Waals surface area contributed by atoms with Crippen molar-refractivity contribution in [2.24, 2.45) is 5.92 Å². The zero-order valence-electron chi connectivity index (χ0n) is 10.5. The van der Waals surface area contributed by atoms with E-state index in [4.69, 9.17) is 0 Å². The molecule has 2 unspecified atom stereocenters. The predicted octanol–water partition coefficient (Wildman–Crippen LogP) is 4.02. The molecule has 0 radical (unpaired) electrons. The minimum absolute atomic E-state index is 0.587. The maximum absolute atomic E-state index is 3.69. The Labute approximate surface area is 129 Å². The summed E-state index contributed by atoms with van der Waals surface area (Å²) in [7, 11) is 2.25. The van der Waals surface area contributed by atoms with Gasteiger partial charge in [0.1, 0.15) is 0 Å². The lowest BCUT2D eigenvalue weighted by Gasteiger charge is -2.24. The first-order valence-corrected chi connectivity index (χ1v) is 8.93. The molecule has 2 nitrogen and oxygen atoms in total. The first-order valence-electron chi connectivity index (χ1n) is 6.53. The summed E-state index contributed by atoms with van der Waals surface area (Å²) in [6.45, 7) is 2.39. The number of halogens is 2. The lowest BCUT2D eigenvalue weighted by molar-refractivity contribution is 0.276. The highest BCUT2D eigenvalue weighted by Gasteiger charge is 2.35. The van der Waals surface area contributed by atoms with Crippen molar-refractivity contribution in [3.63, 3.8) is 0 Å². The molecule has 1 saturated heterocycles. The van der Waals surface area contributed by atoms with Gasteiger partial charge in [0.15, 0.2) is 0 Å². The summed E-state index contributed by atoms with van der Waals surface area (Å²) in [5, 5.41) is 3.69. The Morgan fingerprint density at radius 3 is 2.78 bits per heavy atom. The summed E-state index contributed by atoms with van der Waals surface area (Å²) in [5.41, 5.74) is 0. The van der Waals surface area contributed by atoms with Crippen LogP contribution >= 0.6 is 43.2 Å². The van der Waals surface area contributed by atoms with Gasteiger partial charge in [0.25, 0.3) is 0 Å². The number of hydrogen-bond donors (Lipinski definition) is 1. The highest BCUT2D eigenvalue weighted by Crippen LogP contribution is 2.43. The molecule has 18 heavy (non-hydrogen) atoms. The van der Waals surface area contributed by atoms with Crippen molar-refractivity contribution < 1.29 is 0 Å². The maximum atomic E-state index is 3.69. The molecule has 0 aromatic carbocycles. The van der Waals surface area contributed by atoms with E-state index in [-0.39, 0.29) is 0 Å². The molecule has 1 aromatic rings. The van der Waals surface area contributed by atoms with E-state index in [1.165, 1.54) is 45.5 Å². The fraction of sp³-hybridized carbons (Fsp3) is 0.692. The smallest absolute Gasteiger partial charge is 0.0843 e. The van der Waals surface area contributed by atoms with Gasteiger partial charge in [0, 0.05) is 28.0 Å². The number of nitrogens with one attached hydrogen (secondary N) is 1. The maximum Gasteiger partial charge on any atom is 0.0843 e. The fourth-order valence-electron chi connectivity index (χ4n) is 2.80. The number of thiophene rings is 1. The SMILES string of the molecule is CN1CCC(CNC2CC2)C1c1cc(Br)c(Br)s1. The average Bonchev–Trinajstić information content (AvgIpc) is 3.01. The van der Waals surface area contributed by atoms with Crippen molar-refractivity contribution in [3.05, 3.63) is 19.2 Å². The third-order valence-electron chi connectivity index (χ3n) is 3.98. The highest BCUT2D eigenvalue weighted by molar-refractivity contribution is 9.13. The molecular weight excluding hydrogens is 376 g/mol. The van der Waals surface area contributed by atoms with Gasteiger partial charge in [-0.15, -0.1) is 11.3 Å². The summed E-state index contributed by atoms with van der Waals surface area (Å²) >= 11 is 9.09. The van der Waals surface area contributed by atoms with Crippen LogP contribution in [-0.2, 0) is 0 Å². The summed E-state index contributed by atoms with van der Waals surface area (Å²) in [4.78, 5) is 3.99. The molecule has 1 N–H and O–H groups in total. The van der Waals surface area contributed by atoms with Crippen LogP contribution in [0.25, 0.3) is 0 Å². The molecule has 1 saturated carbocycles. The quantitative estimate of drug-likeness (QED) is 0.830. The summed E-state index contributed by atoms with van der Waals surface area (Å²) < 4.78 is 2.41. The second kappa shape index (κ2) is 5.52. The van der Waals surface area contributed by atoms with E-state index in [2.05, 4.69) is 55.2 Å². The van der Waals surface area contributed by atoms with E-state index in [0.717, 1.165) is 12.0 Å². The zero-order chi connectivity index (χ0) is 12.7. The molecule has 3 rings (SSSR count). The van der Waals surface area contributed by atoms with Crippen molar-refractivity contribution in [2.45, 2.75) is 31.3 Å². The second-order valence-electron chi connectivity index (χ2n) is 5.43. The fourth-order valence-corrected chi connectivity index (χ4v) is 5.15. The monoisotopic (exact) mass is 392 g/mol. The second-order valence-corrected chi connectivity index (χ2v) is 8.68. The van der Waals surface area contributed by atoms with Crippen LogP contribution in [0.15, 0.2) is 14.3 Å². The van der Waals surface area contributed by atoms with E-state index >= 15 is 0 Å². The van der Waals surface area contributed by atoms with Gasteiger partial charge in [0.05, 0.1) is 3.79 Å². The third-order valence-corrected chi connectivity index (χ3v) is 7.30. The first-order chi connectivity index (χ1) is 8.65. The van der Waals surface area contributed by atoms with Gasteiger partial charge in [-0.2, -0.15) is 0 Å². The molecule has 2 heterocycles. The number of rotatable bonds is 4. The molecule has 1 aliphatic carbocycles. The van der Waals surface area contributed by atoms with Crippen LogP contribution in [0.2, 0.25) is 0 Å². The van der Waals surface area contributed by atoms with Crippen LogP contribution in [0.4, 0.5) is 0 Å². The Balaban J connectivity index is 1.73. The number of hydrogen-bond acceptors (Lipinski definition) is 3. The van der Waals surface area contributed by atoms with Crippen LogP contribution in [0.5, 0.6) is 0 Å². The van der Waals surface area contributed by atoms with Crippen molar-refractivity contribution in [2.75, 3.05) is 20.1 Å². The van der Waals surface area contributed by atoms with Gasteiger partial charge < -0.3 is 5.32 Å². The van der Waals surface area contributed by atoms with Crippen LogP contribution < -0.4 is 5.32 Å². The topological polar surface area (TPSA) is 15.3 Å². The molecule has 100 valence electrons. The average molecular weight is 394 g/mol. The Bertz CT molecular complexity index is 411. The Morgan fingerprint density at radius 1 is 1.39 bits per heavy atom. The normalized spacial score (nSPS) is 29.1. The minimum Gasteiger partial charge on any atom is -0.314 e. The molecule has 0 bridgehead atoms. The van der Waals surface area contributed by atoms with Gasteiger partial charge in [-0.25, -0.2) is 0 Å². The van der Waals surface area contributed by atoms with Gasteiger partial charge >= 0.3 is 0 Å². The van der Waals surface area contributed by atoms with E-state index in [1.807, 2.05) is 11.3 Å². The summed E-state index contributed by atoms with van der Waals surface area (Å²) in [6.07, 6.45) is 4.07. The molecule has 2 atom stereocenters. The third kappa shape index (κ3) is 2.85. The summed E-state index contributed by atoms with van der Waals surface area (Å²) in [5.74, 6) is 0.757. The molecule has 0 amide bonds.